The van der Waals surface area contributed by atoms with E-state index >= 15 is 0 Å². The second kappa shape index (κ2) is 9.95. The van der Waals surface area contributed by atoms with E-state index < -0.39 is 17.9 Å². The van der Waals surface area contributed by atoms with E-state index in [1.807, 2.05) is 52.0 Å². The highest BCUT2D eigenvalue weighted by Gasteiger charge is 2.28. The lowest BCUT2D eigenvalue weighted by molar-refractivity contribution is 0.205. The molecule has 2 aromatic carbocycles. The zero-order chi connectivity index (χ0) is 21.9. The average molecular weight is 480 g/mol. The van der Waals surface area contributed by atoms with Crippen LogP contribution in [-0.2, 0) is 5.41 Å². The molecule has 4 nitrogen and oxygen atoms in total. The van der Waals surface area contributed by atoms with Gasteiger partial charge in [-0.25, -0.2) is 0 Å². The molecule has 0 heterocycles. The first-order valence-corrected chi connectivity index (χ1v) is 10.9. The van der Waals surface area contributed by atoms with Gasteiger partial charge in [-0.2, -0.15) is 0 Å². The van der Waals surface area contributed by atoms with Crippen LogP contribution in [0.1, 0.15) is 51.7 Å². The summed E-state index contributed by atoms with van der Waals surface area (Å²) in [5, 5.41) is 1.54. The Hall–Kier alpha value is -0.880. The van der Waals surface area contributed by atoms with E-state index in [4.69, 9.17) is 67.3 Å². The fourth-order valence-electron chi connectivity index (χ4n) is 2.70. The van der Waals surface area contributed by atoms with Crippen molar-refractivity contribution in [2.45, 2.75) is 58.4 Å². The Kier molecular flexibility index (Phi) is 8.37. The molecule has 0 saturated heterocycles. The van der Waals surface area contributed by atoms with E-state index in [0.29, 0.717) is 44.4 Å². The van der Waals surface area contributed by atoms with Crippen molar-refractivity contribution in [3.05, 3.63) is 55.5 Å². The predicted molar refractivity (Wildman–Crippen MR) is 123 cm³/mol. The van der Waals surface area contributed by atoms with Gasteiger partial charge in [-0.1, -0.05) is 74.1 Å². The van der Waals surface area contributed by atoms with E-state index in [1.54, 1.807) is 0 Å². The molecule has 2 unspecified atom stereocenters. The molecule has 2 aromatic rings. The minimum atomic E-state index is -0.503. The van der Waals surface area contributed by atoms with Crippen LogP contribution in [-0.4, -0.2) is 12.5 Å². The summed E-state index contributed by atoms with van der Waals surface area (Å²) in [6.07, 6.45) is 0.298. The number of hydrogen-bond acceptors (Lipinski definition) is 4. The minimum Gasteiger partial charge on any atom is -0.472 e. The van der Waals surface area contributed by atoms with Gasteiger partial charge in [0.15, 0.2) is 11.5 Å². The highest BCUT2D eigenvalue weighted by atomic mass is 35.5. The van der Waals surface area contributed by atoms with E-state index in [-0.39, 0.29) is 0 Å². The van der Waals surface area contributed by atoms with Gasteiger partial charge in [0.25, 0.3) is 0 Å². The molecule has 4 N–H and O–H groups in total. The van der Waals surface area contributed by atoms with Crippen LogP contribution in [0.25, 0.3) is 0 Å². The van der Waals surface area contributed by atoms with E-state index in [1.165, 1.54) is 0 Å². The highest BCUT2D eigenvalue weighted by molar-refractivity contribution is 6.38. The van der Waals surface area contributed by atoms with Gasteiger partial charge in [0.2, 0.25) is 0 Å². The first-order chi connectivity index (χ1) is 13.5. The zero-order valence-electron chi connectivity index (χ0n) is 16.9. The normalized spacial score (nSPS) is 13.9. The van der Waals surface area contributed by atoms with E-state index in [0.717, 1.165) is 11.1 Å². The summed E-state index contributed by atoms with van der Waals surface area (Å²) in [5.74, 6) is 0.742. The largest absolute Gasteiger partial charge is 0.472 e. The molecule has 0 aromatic heterocycles. The lowest BCUT2D eigenvalue weighted by Gasteiger charge is -2.28. The van der Waals surface area contributed by atoms with Crippen molar-refractivity contribution in [3.63, 3.8) is 0 Å². The third-order valence-corrected chi connectivity index (χ3v) is 5.91. The van der Waals surface area contributed by atoms with Gasteiger partial charge in [0, 0.05) is 5.41 Å². The molecule has 0 aliphatic carbocycles. The summed E-state index contributed by atoms with van der Waals surface area (Å²) in [6.45, 7) is 7.87. The first-order valence-electron chi connectivity index (χ1n) is 9.34. The Balaban J connectivity index is 2.45. The topological polar surface area (TPSA) is 70.5 Å². The standard InChI is InChI=1S/C21H26Cl4N2O2/c1-5-17(26)28-19-13(22)7-11(8-14(19)23)21(3,4)12-9-15(24)20(16(25)10-12)29-18(27)6-2/h7-10,17-18H,5-6,26-27H2,1-4H3. The third-order valence-electron chi connectivity index (χ3n) is 4.78. The molecule has 0 fully saturated rings. The van der Waals surface area contributed by atoms with Crippen molar-refractivity contribution in [2.24, 2.45) is 11.5 Å². The lowest BCUT2D eigenvalue weighted by Crippen LogP contribution is -2.26. The highest BCUT2D eigenvalue weighted by Crippen LogP contribution is 2.44. The summed E-state index contributed by atoms with van der Waals surface area (Å²) in [5.41, 5.74) is 13.0. The van der Waals surface area contributed by atoms with Gasteiger partial charge in [-0.05, 0) is 48.2 Å². The Bertz CT molecular complexity index is 758. The van der Waals surface area contributed by atoms with Crippen molar-refractivity contribution < 1.29 is 9.47 Å². The Morgan fingerprint density at radius 3 is 1.24 bits per heavy atom. The molecular weight excluding hydrogens is 454 g/mol. The number of hydrogen-bond donors (Lipinski definition) is 2. The van der Waals surface area contributed by atoms with E-state index in [2.05, 4.69) is 0 Å². The van der Waals surface area contributed by atoms with Gasteiger partial charge >= 0.3 is 0 Å². The average Bonchev–Trinajstić information content (AvgIpc) is 2.66. The van der Waals surface area contributed by atoms with Crippen molar-refractivity contribution in [2.75, 3.05) is 0 Å². The van der Waals surface area contributed by atoms with Crippen molar-refractivity contribution in [3.8, 4) is 11.5 Å². The molecule has 160 valence electrons. The van der Waals surface area contributed by atoms with Gasteiger partial charge in [0.05, 0.1) is 20.1 Å². The summed E-state index contributed by atoms with van der Waals surface area (Å²) in [7, 11) is 0. The van der Waals surface area contributed by atoms with Crippen molar-refractivity contribution >= 4 is 46.4 Å². The van der Waals surface area contributed by atoms with Gasteiger partial charge < -0.3 is 9.47 Å². The van der Waals surface area contributed by atoms with Crippen LogP contribution in [0, 0.1) is 0 Å². The predicted octanol–water partition coefficient (Wildman–Crippen LogP) is 6.77. The monoisotopic (exact) mass is 478 g/mol. The Morgan fingerprint density at radius 2 is 1.00 bits per heavy atom. The van der Waals surface area contributed by atoms with Crippen LogP contribution in [0.5, 0.6) is 11.5 Å². The third kappa shape index (κ3) is 5.63. The van der Waals surface area contributed by atoms with Crippen molar-refractivity contribution in [1.29, 1.82) is 0 Å². The quantitative estimate of drug-likeness (QED) is 0.409. The number of rotatable bonds is 8. The lowest BCUT2D eigenvalue weighted by atomic mass is 9.78. The number of ether oxygens (including phenoxy) is 2. The first kappa shape index (κ1) is 24.4. The Morgan fingerprint density at radius 1 is 0.724 bits per heavy atom. The smallest absolute Gasteiger partial charge is 0.158 e. The maximum absolute atomic E-state index is 6.44. The van der Waals surface area contributed by atoms with Gasteiger partial charge in [-0.15, -0.1) is 0 Å². The second-order valence-corrected chi connectivity index (χ2v) is 8.92. The molecule has 2 atom stereocenters. The zero-order valence-corrected chi connectivity index (χ0v) is 19.9. The summed E-state index contributed by atoms with van der Waals surface area (Å²) in [6, 6.07) is 7.24. The van der Waals surface area contributed by atoms with E-state index in [9.17, 15) is 0 Å². The molecule has 8 heteroatoms. The van der Waals surface area contributed by atoms with Crippen LogP contribution < -0.4 is 20.9 Å². The number of halogens is 4. The molecule has 29 heavy (non-hydrogen) atoms. The Labute approximate surface area is 192 Å². The van der Waals surface area contributed by atoms with Crippen LogP contribution >= 0.6 is 46.4 Å². The van der Waals surface area contributed by atoms with Crippen molar-refractivity contribution in [1.82, 2.24) is 0 Å². The molecule has 0 aliphatic rings. The molecule has 2 rings (SSSR count). The molecular formula is C21H26Cl4N2O2. The number of benzene rings is 2. The molecule has 0 radical (unpaired) electrons. The maximum atomic E-state index is 6.44. The summed E-state index contributed by atoms with van der Waals surface area (Å²) < 4.78 is 11.3. The molecule has 0 amide bonds. The van der Waals surface area contributed by atoms with Gasteiger partial charge in [0.1, 0.15) is 12.5 Å². The second-order valence-electron chi connectivity index (χ2n) is 7.29. The van der Waals surface area contributed by atoms with Crippen LogP contribution in [0.15, 0.2) is 24.3 Å². The molecule has 0 bridgehead atoms. The number of nitrogens with two attached hydrogens (primary N) is 2. The SMILES string of the molecule is CCC(N)Oc1c(Cl)cc(C(C)(C)c2cc(Cl)c(OC(N)CC)c(Cl)c2)cc1Cl. The summed E-state index contributed by atoms with van der Waals surface area (Å²) in [4.78, 5) is 0. The van der Waals surface area contributed by atoms with Gasteiger partial charge in [-0.3, -0.25) is 11.5 Å². The maximum Gasteiger partial charge on any atom is 0.158 e. The van der Waals surface area contributed by atoms with Crippen LogP contribution in [0.2, 0.25) is 20.1 Å². The molecule has 0 aliphatic heterocycles. The summed E-state index contributed by atoms with van der Waals surface area (Å²) >= 11 is 25.8. The van der Waals surface area contributed by atoms with Crippen LogP contribution in [0.4, 0.5) is 0 Å². The fraction of sp³-hybridized carbons (Fsp3) is 0.429. The molecule has 0 saturated carbocycles. The fourth-order valence-corrected chi connectivity index (χ4v) is 3.86. The van der Waals surface area contributed by atoms with Crippen LogP contribution in [0.3, 0.4) is 0 Å². The molecule has 0 spiro atoms. The minimum absolute atomic E-state index is 0.371.